The summed E-state index contributed by atoms with van der Waals surface area (Å²) in [6.07, 6.45) is 0. The van der Waals surface area contributed by atoms with E-state index in [-0.39, 0.29) is 0 Å². The number of para-hydroxylation sites is 8. The van der Waals surface area contributed by atoms with Crippen LogP contribution in [-0.2, 0) is 0 Å². The molecular formula is C64H48N6. The van der Waals surface area contributed by atoms with Crippen LogP contribution in [0, 0.1) is 78.1 Å². The smallest absolute Gasteiger partial charge is 0.104 e. The van der Waals surface area contributed by atoms with E-state index in [4.69, 9.17) is 0 Å². The largest absolute Gasteiger partial charge is 0.306 e. The van der Waals surface area contributed by atoms with Gasteiger partial charge < -0.3 is 18.3 Å². The number of nitriles is 2. The molecule has 334 valence electrons. The Hall–Kier alpha value is -8.84. The average molecular weight is 901 g/mol. The molecule has 13 aromatic rings. The molecule has 0 spiro atoms. The van der Waals surface area contributed by atoms with E-state index in [1.54, 1.807) is 0 Å². The highest BCUT2D eigenvalue weighted by Gasteiger charge is 2.36. The number of hydrogen-bond donors (Lipinski definition) is 0. The van der Waals surface area contributed by atoms with E-state index < -0.39 is 0 Å². The number of benzene rings is 9. The van der Waals surface area contributed by atoms with Gasteiger partial charge in [-0.05, 0) is 99.9 Å². The molecule has 0 aliphatic carbocycles. The Kier molecular flexibility index (Phi) is 8.76. The van der Waals surface area contributed by atoms with Gasteiger partial charge in [-0.3, -0.25) is 0 Å². The van der Waals surface area contributed by atoms with Crippen LogP contribution in [0.3, 0.4) is 0 Å². The van der Waals surface area contributed by atoms with Crippen LogP contribution in [0.15, 0.2) is 146 Å². The fourth-order valence-electron chi connectivity index (χ4n) is 12.5. The second kappa shape index (κ2) is 14.8. The highest BCUT2D eigenvalue weighted by atomic mass is 15.1. The van der Waals surface area contributed by atoms with Crippen LogP contribution < -0.4 is 0 Å². The third-order valence-corrected chi connectivity index (χ3v) is 15.4. The first-order chi connectivity index (χ1) is 34.0. The molecule has 0 radical (unpaired) electrons. The van der Waals surface area contributed by atoms with Crippen LogP contribution >= 0.6 is 0 Å². The van der Waals surface area contributed by atoms with Crippen molar-refractivity contribution in [2.75, 3.05) is 0 Å². The van der Waals surface area contributed by atoms with Crippen LogP contribution in [0.1, 0.15) is 55.6 Å². The summed E-state index contributed by atoms with van der Waals surface area (Å²) >= 11 is 0. The highest BCUT2D eigenvalue weighted by molar-refractivity contribution is 6.18. The Morgan fingerprint density at radius 3 is 0.600 bits per heavy atom. The summed E-state index contributed by atoms with van der Waals surface area (Å²) in [4.78, 5) is 0. The van der Waals surface area contributed by atoms with Crippen molar-refractivity contribution in [1.29, 1.82) is 10.5 Å². The summed E-state index contributed by atoms with van der Waals surface area (Å²) in [5.74, 6) is 0. The van der Waals surface area contributed by atoms with Crippen molar-refractivity contribution in [2.24, 2.45) is 0 Å². The van der Waals surface area contributed by atoms with Gasteiger partial charge in [0.25, 0.3) is 0 Å². The van der Waals surface area contributed by atoms with Crippen LogP contribution in [0.25, 0.3) is 110 Å². The Bertz CT molecular complexity index is 4180. The van der Waals surface area contributed by atoms with E-state index >= 15 is 0 Å². The van der Waals surface area contributed by atoms with Gasteiger partial charge in [0.1, 0.15) is 23.3 Å². The SMILES string of the molecule is Cc1cccc2c3cccc(C)c3n(-c3c(C#N)c(-n4c5c(C)cccc5c5cccc(C)c54)c(-n4c5c(C)cccc5c5cccc(C)c54)c(-n4c5c(C)cccc5c5cccc(C)c54)c3C#N)c12. The zero-order valence-corrected chi connectivity index (χ0v) is 40.5. The molecule has 6 nitrogen and oxygen atoms in total. The maximum absolute atomic E-state index is 12.6. The Morgan fingerprint density at radius 2 is 0.414 bits per heavy atom. The van der Waals surface area contributed by atoms with Crippen molar-refractivity contribution in [2.45, 2.75) is 55.4 Å². The number of aryl methyl sites for hydroxylation is 8. The fraction of sp³-hybridized carbons (Fsp3) is 0.125. The summed E-state index contributed by atoms with van der Waals surface area (Å²) in [5.41, 5.74) is 20.3. The Balaban J connectivity index is 1.46. The van der Waals surface area contributed by atoms with Gasteiger partial charge in [-0.25, -0.2) is 0 Å². The minimum atomic E-state index is 0.414. The molecule has 0 bridgehead atoms. The minimum Gasteiger partial charge on any atom is -0.306 e. The third kappa shape index (κ3) is 5.25. The Morgan fingerprint density at radius 1 is 0.243 bits per heavy atom. The molecule has 70 heavy (non-hydrogen) atoms. The number of rotatable bonds is 4. The van der Waals surface area contributed by atoms with Crippen molar-refractivity contribution in [3.63, 3.8) is 0 Å². The lowest BCUT2D eigenvalue weighted by Gasteiger charge is -2.28. The lowest BCUT2D eigenvalue weighted by Crippen LogP contribution is -2.18. The first-order valence-electron chi connectivity index (χ1n) is 24.1. The van der Waals surface area contributed by atoms with E-state index in [1.807, 2.05) is 0 Å². The molecule has 0 N–H and O–H groups in total. The Labute approximate surface area is 405 Å². The number of hydrogen-bond acceptors (Lipinski definition) is 2. The van der Waals surface area contributed by atoms with Gasteiger partial charge in [0.2, 0.25) is 0 Å². The quantitative estimate of drug-likeness (QED) is 0.177. The molecular weight excluding hydrogens is 853 g/mol. The van der Waals surface area contributed by atoms with Gasteiger partial charge in [-0.15, -0.1) is 0 Å². The summed E-state index contributed by atoms with van der Waals surface area (Å²) in [6.45, 7) is 17.4. The van der Waals surface area contributed by atoms with E-state index in [0.29, 0.717) is 16.8 Å². The van der Waals surface area contributed by atoms with Crippen molar-refractivity contribution >= 4 is 87.2 Å². The van der Waals surface area contributed by atoms with Gasteiger partial charge in [0, 0.05) is 43.1 Å². The van der Waals surface area contributed by atoms with Gasteiger partial charge in [0.05, 0.1) is 66.9 Å². The normalized spacial score (nSPS) is 12.0. The topological polar surface area (TPSA) is 67.3 Å². The highest BCUT2D eigenvalue weighted by Crippen LogP contribution is 2.51. The van der Waals surface area contributed by atoms with Crippen LogP contribution in [0.5, 0.6) is 0 Å². The molecule has 0 fully saturated rings. The molecule has 9 aromatic carbocycles. The predicted molar refractivity (Wildman–Crippen MR) is 291 cm³/mol. The molecule has 13 rings (SSSR count). The van der Waals surface area contributed by atoms with E-state index in [2.05, 4.69) is 231 Å². The summed E-state index contributed by atoms with van der Waals surface area (Å²) in [5, 5.41) is 33.9. The first kappa shape index (κ1) is 41.4. The molecule has 4 heterocycles. The second-order valence-corrected chi connectivity index (χ2v) is 19.5. The predicted octanol–water partition coefficient (Wildman–Crippen LogP) is 16.3. The van der Waals surface area contributed by atoms with Crippen molar-refractivity contribution < 1.29 is 0 Å². The maximum Gasteiger partial charge on any atom is 0.104 e. The van der Waals surface area contributed by atoms with Gasteiger partial charge in [-0.1, -0.05) is 146 Å². The fourth-order valence-corrected chi connectivity index (χ4v) is 12.5. The van der Waals surface area contributed by atoms with Crippen molar-refractivity contribution in [3.8, 4) is 34.9 Å². The van der Waals surface area contributed by atoms with E-state index in [9.17, 15) is 10.5 Å². The van der Waals surface area contributed by atoms with Gasteiger partial charge in [-0.2, -0.15) is 10.5 Å². The average Bonchev–Trinajstić information content (AvgIpc) is 4.09. The number of aromatic nitrogens is 4. The summed E-state index contributed by atoms with van der Waals surface area (Å²) in [6, 6.07) is 57.9. The first-order valence-corrected chi connectivity index (χ1v) is 24.1. The van der Waals surface area contributed by atoms with Crippen molar-refractivity contribution in [3.05, 3.63) is 201 Å². The molecule has 0 atom stereocenters. The van der Waals surface area contributed by atoms with Crippen LogP contribution in [0.4, 0.5) is 0 Å². The van der Waals surface area contributed by atoms with Crippen LogP contribution in [0.2, 0.25) is 0 Å². The number of nitrogens with zero attached hydrogens (tertiary/aromatic N) is 6. The molecule has 0 amide bonds. The zero-order chi connectivity index (χ0) is 48.0. The lowest BCUT2D eigenvalue weighted by molar-refractivity contribution is 1.01. The van der Waals surface area contributed by atoms with Gasteiger partial charge >= 0.3 is 0 Å². The van der Waals surface area contributed by atoms with E-state index in [1.165, 1.54) is 0 Å². The maximum atomic E-state index is 12.6. The van der Waals surface area contributed by atoms with Crippen LogP contribution in [-0.4, -0.2) is 18.3 Å². The monoisotopic (exact) mass is 900 g/mol. The molecule has 4 aromatic heterocycles. The lowest BCUT2D eigenvalue weighted by atomic mass is 9.97. The molecule has 0 aliphatic heterocycles. The molecule has 6 heteroatoms. The standard InChI is InChI=1S/C64H48N6/c1-35-17-9-25-43-44-26-10-18-36(2)54(44)67(53(35)43)61-51(33-65)62(68-55-37(3)19-11-27-45(55)46-28-12-20-38(4)56(46)68)64(70-59-41(7)23-15-31-49(59)50-32-16-24-42(8)60(50)70)63(52(61)34-66)69-57-39(5)21-13-29-47(57)48-30-14-22-40(6)58(48)69/h9-32H,1-8H3. The molecule has 0 unspecified atom stereocenters. The summed E-state index contributed by atoms with van der Waals surface area (Å²) in [7, 11) is 0. The van der Waals surface area contributed by atoms with Crippen molar-refractivity contribution in [1.82, 2.24) is 18.3 Å². The van der Waals surface area contributed by atoms with Gasteiger partial charge in [0.15, 0.2) is 0 Å². The minimum absolute atomic E-state index is 0.414. The molecule has 0 saturated carbocycles. The second-order valence-electron chi connectivity index (χ2n) is 19.5. The summed E-state index contributed by atoms with van der Waals surface area (Å²) < 4.78 is 9.49. The van der Waals surface area contributed by atoms with E-state index in [0.717, 1.165) is 149 Å². The zero-order valence-electron chi connectivity index (χ0n) is 40.5. The molecule has 0 saturated heterocycles. The third-order valence-electron chi connectivity index (χ3n) is 15.4. The molecule has 0 aliphatic rings. The number of fused-ring (bicyclic) bond motifs is 12.